The number of hydrogen-bond acceptors (Lipinski definition) is 2. The molecule has 2 heterocycles. The van der Waals surface area contributed by atoms with E-state index in [1.54, 1.807) is 0 Å². The van der Waals surface area contributed by atoms with Crippen molar-refractivity contribution in [1.29, 1.82) is 0 Å². The van der Waals surface area contributed by atoms with Crippen molar-refractivity contribution in [2.75, 3.05) is 5.73 Å². The van der Waals surface area contributed by atoms with Crippen LogP contribution in [0.3, 0.4) is 0 Å². The second-order valence-corrected chi connectivity index (χ2v) is 5.12. The molecule has 0 aliphatic carbocycles. The molecule has 2 rings (SSSR count). The number of fused-ring (bicyclic) bond motifs is 1. The quantitative estimate of drug-likeness (QED) is 0.685. The van der Waals surface area contributed by atoms with Gasteiger partial charge in [0.2, 0.25) is 0 Å². The molecule has 3 nitrogen and oxygen atoms in total. The number of aryl methyl sites for hydroxylation is 1. The van der Waals surface area contributed by atoms with Gasteiger partial charge in [-0.1, -0.05) is 20.8 Å². The van der Waals surface area contributed by atoms with Gasteiger partial charge in [-0.15, -0.1) is 0 Å². The van der Waals surface area contributed by atoms with Gasteiger partial charge < -0.3 is 10.3 Å². The molecule has 0 radical (unpaired) electrons. The second-order valence-electron chi connectivity index (χ2n) is 5.12. The van der Waals surface area contributed by atoms with Crippen LogP contribution in [0.5, 0.6) is 0 Å². The van der Waals surface area contributed by atoms with Crippen molar-refractivity contribution in [3.8, 4) is 0 Å². The summed E-state index contributed by atoms with van der Waals surface area (Å²) in [6.45, 7) is 7.54. The number of rotatable bonds is 0. The molecule has 0 saturated carbocycles. The molecular formula is C11H19N3. The lowest BCUT2D eigenvalue weighted by molar-refractivity contribution is 0.527. The average Bonchev–Trinajstić information content (AvgIpc) is 2.44. The van der Waals surface area contributed by atoms with Crippen LogP contribution < -0.4 is 5.73 Å². The highest BCUT2D eigenvalue weighted by molar-refractivity contribution is 5.42. The zero-order valence-electron chi connectivity index (χ0n) is 9.30. The standard InChI is InChI=1S/C11H19N3/c1-11(2,3)9-10(12)14-7-5-4-6-8(14)13-9/h4-7,12H2,1-3H3. The van der Waals surface area contributed by atoms with Crippen LogP contribution >= 0.6 is 0 Å². The highest BCUT2D eigenvalue weighted by Gasteiger charge is 2.25. The highest BCUT2D eigenvalue weighted by atomic mass is 15.1. The molecule has 0 bridgehead atoms. The fourth-order valence-electron chi connectivity index (χ4n) is 2.06. The van der Waals surface area contributed by atoms with E-state index < -0.39 is 0 Å². The van der Waals surface area contributed by atoms with Crippen molar-refractivity contribution in [1.82, 2.24) is 9.55 Å². The van der Waals surface area contributed by atoms with Gasteiger partial charge in [-0.3, -0.25) is 0 Å². The van der Waals surface area contributed by atoms with Gasteiger partial charge in [-0.05, 0) is 12.8 Å². The van der Waals surface area contributed by atoms with Gasteiger partial charge in [0.25, 0.3) is 0 Å². The smallest absolute Gasteiger partial charge is 0.127 e. The van der Waals surface area contributed by atoms with Crippen LogP contribution in [-0.4, -0.2) is 9.55 Å². The maximum Gasteiger partial charge on any atom is 0.127 e. The third kappa shape index (κ3) is 1.41. The number of imidazole rings is 1. The zero-order chi connectivity index (χ0) is 10.3. The maximum absolute atomic E-state index is 6.11. The molecule has 1 aromatic rings. The van der Waals surface area contributed by atoms with E-state index in [2.05, 4.69) is 30.3 Å². The molecule has 0 aromatic carbocycles. The minimum atomic E-state index is 0.0639. The molecule has 0 amide bonds. The summed E-state index contributed by atoms with van der Waals surface area (Å²) >= 11 is 0. The van der Waals surface area contributed by atoms with Gasteiger partial charge in [0, 0.05) is 18.4 Å². The Morgan fingerprint density at radius 1 is 1.29 bits per heavy atom. The lowest BCUT2D eigenvalue weighted by atomic mass is 9.92. The largest absolute Gasteiger partial charge is 0.384 e. The minimum absolute atomic E-state index is 0.0639. The van der Waals surface area contributed by atoms with E-state index in [0.717, 1.165) is 24.5 Å². The maximum atomic E-state index is 6.11. The van der Waals surface area contributed by atoms with E-state index in [0.29, 0.717) is 0 Å². The highest BCUT2D eigenvalue weighted by Crippen LogP contribution is 2.30. The normalized spacial score (nSPS) is 16.8. The fourth-order valence-corrected chi connectivity index (χ4v) is 2.06. The predicted molar refractivity (Wildman–Crippen MR) is 58.3 cm³/mol. The first-order valence-corrected chi connectivity index (χ1v) is 5.35. The Bertz CT molecular complexity index is 344. The molecule has 0 spiro atoms. The first-order chi connectivity index (χ1) is 6.50. The van der Waals surface area contributed by atoms with E-state index in [9.17, 15) is 0 Å². The monoisotopic (exact) mass is 193 g/mol. The Kier molecular flexibility index (Phi) is 2.05. The number of nitrogens with two attached hydrogens (primary N) is 1. The summed E-state index contributed by atoms with van der Waals surface area (Å²) in [7, 11) is 0. The van der Waals surface area contributed by atoms with Gasteiger partial charge in [-0.25, -0.2) is 4.98 Å². The first-order valence-electron chi connectivity index (χ1n) is 5.35. The third-order valence-electron chi connectivity index (χ3n) is 2.83. The van der Waals surface area contributed by atoms with Crippen molar-refractivity contribution in [3.05, 3.63) is 11.5 Å². The molecule has 14 heavy (non-hydrogen) atoms. The van der Waals surface area contributed by atoms with E-state index in [1.807, 2.05) is 0 Å². The molecule has 0 saturated heterocycles. The van der Waals surface area contributed by atoms with Crippen LogP contribution in [0.15, 0.2) is 0 Å². The van der Waals surface area contributed by atoms with E-state index in [4.69, 9.17) is 5.73 Å². The van der Waals surface area contributed by atoms with Crippen LogP contribution in [0.25, 0.3) is 0 Å². The molecule has 0 fully saturated rings. The first kappa shape index (κ1) is 9.56. The lowest BCUT2D eigenvalue weighted by Gasteiger charge is -2.17. The van der Waals surface area contributed by atoms with E-state index in [-0.39, 0.29) is 5.41 Å². The van der Waals surface area contributed by atoms with E-state index in [1.165, 1.54) is 18.7 Å². The SMILES string of the molecule is CC(C)(C)c1nc2n(c1N)CCCC2. The Balaban J connectivity index is 2.49. The molecular weight excluding hydrogens is 174 g/mol. The van der Waals surface area contributed by atoms with E-state index >= 15 is 0 Å². The second kappa shape index (κ2) is 3.01. The molecule has 2 N–H and O–H groups in total. The summed E-state index contributed by atoms with van der Waals surface area (Å²) in [5, 5.41) is 0. The molecule has 1 aromatic heterocycles. The minimum Gasteiger partial charge on any atom is -0.384 e. The van der Waals surface area contributed by atoms with Gasteiger partial charge in [0.1, 0.15) is 11.6 Å². The van der Waals surface area contributed by atoms with Crippen LogP contribution in [0.4, 0.5) is 5.82 Å². The number of nitrogen functional groups attached to an aromatic ring is 1. The van der Waals surface area contributed by atoms with Crippen molar-refractivity contribution in [3.63, 3.8) is 0 Å². The molecule has 0 atom stereocenters. The summed E-state index contributed by atoms with van der Waals surface area (Å²) in [6.07, 6.45) is 3.57. The van der Waals surface area contributed by atoms with Gasteiger partial charge in [0.05, 0.1) is 5.69 Å². The molecule has 1 aliphatic heterocycles. The van der Waals surface area contributed by atoms with Crippen LogP contribution in [-0.2, 0) is 18.4 Å². The summed E-state index contributed by atoms with van der Waals surface area (Å²) in [6, 6.07) is 0. The number of hydrogen-bond donors (Lipinski definition) is 1. The van der Waals surface area contributed by atoms with Crippen LogP contribution in [0.1, 0.15) is 45.1 Å². The Morgan fingerprint density at radius 2 is 2.00 bits per heavy atom. The number of anilines is 1. The van der Waals surface area contributed by atoms with Gasteiger partial charge in [0.15, 0.2) is 0 Å². The topological polar surface area (TPSA) is 43.8 Å². The Labute approximate surface area is 85.3 Å². The summed E-state index contributed by atoms with van der Waals surface area (Å²) in [5.41, 5.74) is 7.24. The Hall–Kier alpha value is -0.990. The van der Waals surface area contributed by atoms with Crippen LogP contribution in [0, 0.1) is 0 Å². The van der Waals surface area contributed by atoms with Gasteiger partial charge in [-0.2, -0.15) is 0 Å². The number of aromatic nitrogens is 2. The van der Waals surface area contributed by atoms with Crippen molar-refractivity contribution in [2.45, 2.75) is 52.0 Å². The Morgan fingerprint density at radius 3 is 2.57 bits per heavy atom. The van der Waals surface area contributed by atoms with Gasteiger partial charge >= 0.3 is 0 Å². The fraction of sp³-hybridized carbons (Fsp3) is 0.727. The molecule has 1 aliphatic rings. The third-order valence-corrected chi connectivity index (χ3v) is 2.83. The zero-order valence-corrected chi connectivity index (χ0v) is 9.30. The molecule has 0 unspecified atom stereocenters. The summed E-state index contributed by atoms with van der Waals surface area (Å²) < 4.78 is 2.18. The van der Waals surface area contributed by atoms with Crippen molar-refractivity contribution < 1.29 is 0 Å². The summed E-state index contributed by atoms with van der Waals surface area (Å²) in [5.74, 6) is 2.06. The summed E-state index contributed by atoms with van der Waals surface area (Å²) in [4.78, 5) is 4.66. The van der Waals surface area contributed by atoms with Crippen LogP contribution in [0.2, 0.25) is 0 Å². The molecule has 3 heteroatoms. The van der Waals surface area contributed by atoms with Crippen molar-refractivity contribution >= 4 is 5.82 Å². The predicted octanol–water partition coefficient (Wildman–Crippen LogP) is 2.10. The lowest BCUT2D eigenvalue weighted by Crippen LogP contribution is -2.15. The van der Waals surface area contributed by atoms with Crippen molar-refractivity contribution in [2.24, 2.45) is 0 Å². The average molecular weight is 193 g/mol. The molecule has 78 valence electrons. The number of nitrogens with zero attached hydrogens (tertiary/aromatic N) is 2.